The SMILES string of the molecule is O=C(Cc1ccccc1)Oc1ccc(Br)cc1/C=C1/N=C(c2sc3cc(Cl)ccc3c2Cl)OC1=O. The zero-order chi connectivity index (χ0) is 24.5. The zero-order valence-corrected chi connectivity index (χ0v) is 21.7. The van der Waals surface area contributed by atoms with Crippen molar-refractivity contribution in [2.24, 2.45) is 4.99 Å². The Labute approximate surface area is 222 Å². The van der Waals surface area contributed by atoms with E-state index >= 15 is 0 Å². The molecule has 1 aliphatic rings. The second-order valence-corrected chi connectivity index (χ2v) is 10.3. The number of fused-ring (bicyclic) bond motifs is 1. The van der Waals surface area contributed by atoms with Gasteiger partial charge < -0.3 is 9.47 Å². The molecule has 9 heteroatoms. The molecule has 5 nitrogen and oxygen atoms in total. The minimum atomic E-state index is -0.631. The summed E-state index contributed by atoms with van der Waals surface area (Å²) in [6, 6.07) is 19.8. The summed E-state index contributed by atoms with van der Waals surface area (Å²) in [5, 5.41) is 1.82. The van der Waals surface area contributed by atoms with Gasteiger partial charge in [-0.2, -0.15) is 0 Å². The Balaban J connectivity index is 1.45. The molecular formula is C26H14BrCl2NO4S. The lowest BCUT2D eigenvalue weighted by molar-refractivity contribution is -0.133. The van der Waals surface area contributed by atoms with Crippen LogP contribution in [0.25, 0.3) is 16.2 Å². The maximum atomic E-state index is 12.6. The van der Waals surface area contributed by atoms with E-state index in [1.807, 2.05) is 36.4 Å². The number of carbonyl (C=O) groups excluding carboxylic acids is 2. The molecule has 0 spiro atoms. The molecule has 3 aromatic carbocycles. The second kappa shape index (κ2) is 9.95. The molecule has 0 N–H and O–H groups in total. The summed E-state index contributed by atoms with van der Waals surface area (Å²) in [6.07, 6.45) is 1.63. The number of nitrogens with zero attached hydrogens (tertiary/aromatic N) is 1. The van der Waals surface area contributed by atoms with Crippen LogP contribution in [0.2, 0.25) is 10.0 Å². The lowest BCUT2D eigenvalue weighted by Gasteiger charge is -2.08. The van der Waals surface area contributed by atoms with E-state index < -0.39 is 11.9 Å². The molecule has 2 heterocycles. The highest BCUT2D eigenvalue weighted by molar-refractivity contribution is 9.10. The van der Waals surface area contributed by atoms with E-state index in [9.17, 15) is 9.59 Å². The third kappa shape index (κ3) is 5.18. The quantitative estimate of drug-likeness (QED) is 0.138. The molecule has 0 radical (unpaired) electrons. The summed E-state index contributed by atoms with van der Waals surface area (Å²) in [5.41, 5.74) is 1.39. The standard InChI is InChI=1S/C26H14BrCl2NO4S/c27-16-6-9-20(33-22(31)10-14-4-2-1-3-5-14)15(11-16)12-19-26(32)34-25(30-19)24-23(29)18-8-7-17(28)13-21(18)35-24/h1-9,11-13H,10H2/b19-12+. The average molecular weight is 587 g/mol. The molecule has 0 saturated heterocycles. The number of carbonyl (C=O) groups is 2. The highest BCUT2D eigenvalue weighted by atomic mass is 79.9. The summed E-state index contributed by atoms with van der Waals surface area (Å²) in [6.45, 7) is 0. The summed E-state index contributed by atoms with van der Waals surface area (Å²) in [4.78, 5) is 30.0. The largest absolute Gasteiger partial charge is 0.426 e. The van der Waals surface area contributed by atoms with Gasteiger partial charge >= 0.3 is 11.9 Å². The summed E-state index contributed by atoms with van der Waals surface area (Å²) in [5.74, 6) is -0.644. The van der Waals surface area contributed by atoms with Gasteiger partial charge in [-0.25, -0.2) is 9.79 Å². The van der Waals surface area contributed by atoms with E-state index in [0.717, 1.165) is 20.1 Å². The molecule has 5 rings (SSSR count). The van der Waals surface area contributed by atoms with Crippen LogP contribution in [0.1, 0.15) is 16.0 Å². The first-order valence-electron chi connectivity index (χ1n) is 10.3. The van der Waals surface area contributed by atoms with E-state index in [0.29, 0.717) is 26.2 Å². The minimum Gasteiger partial charge on any atom is -0.426 e. The van der Waals surface area contributed by atoms with E-state index in [4.69, 9.17) is 32.7 Å². The number of hydrogen-bond acceptors (Lipinski definition) is 6. The lowest BCUT2D eigenvalue weighted by Crippen LogP contribution is -2.12. The first-order chi connectivity index (χ1) is 16.9. The molecule has 0 unspecified atom stereocenters. The molecule has 4 aromatic rings. The van der Waals surface area contributed by atoms with Gasteiger partial charge in [-0.15, -0.1) is 11.3 Å². The zero-order valence-electron chi connectivity index (χ0n) is 17.8. The van der Waals surface area contributed by atoms with Crippen LogP contribution in [0.3, 0.4) is 0 Å². The molecule has 174 valence electrons. The topological polar surface area (TPSA) is 65.0 Å². The second-order valence-electron chi connectivity index (χ2n) is 7.54. The Kier molecular flexibility index (Phi) is 6.75. The van der Waals surface area contributed by atoms with Crippen LogP contribution in [0.5, 0.6) is 5.75 Å². The molecule has 0 aliphatic carbocycles. The number of thiophene rings is 1. The first-order valence-corrected chi connectivity index (χ1v) is 12.7. The van der Waals surface area contributed by atoms with E-state index in [-0.39, 0.29) is 18.0 Å². The molecule has 0 amide bonds. The normalized spacial score (nSPS) is 14.3. The number of halogens is 3. The van der Waals surface area contributed by atoms with Crippen LogP contribution in [0, 0.1) is 0 Å². The fourth-order valence-electron chi connectivity index (χ4n) is 3.48. The number of esters is 2. The van der Waals surface area contributed by atoms with Gasteiger partial charge in [0.15, 0.2) is 5.70 Å². The molecule has 1 aromatic heterocycles. The molecule has 35 heavy (non-hydrogen) atoms. The van der Waals surface area contributed by atoms with Gasteiger partial charge in [-0.1, -0.05) is 75.5 Å². The summed E-state index contributed by atoms with van der Waals surface area (Å²) in [7, 11) is 0. The van der Waals surface area contributed by atoms with Crippen molar-refractivity contribution < 1.29 is 19.1 Å². The van der Waals surface area contributed by atoms with Gasteiger partial charge in [-0.05, 0) is 42.0 Å². The van der Waals surface area contributed by atoms with Crippen molar-refractivity contribution in [2.45, 2.75) is 6.42 Å². The third-order valence-electron chi connectivity index (χ3n) is 5.09. The van der Waals surface area contributed by atoms with Crippen molar-refractivity contribution in [3.63, 3.8) is 0 Å². The fraction of sp³-hybridized carbons (Fsp3) is 0.0385. The average Bonchev–Trinajstić information content (AvgIpc) is 3.35. The van der Waals surface area contributed by atoms with E-state index in [1.54, 1.807) is 30.3 Å². The van der Waals surface area contributed by atoms with Crippen molar-refractivity contribution in [3.05, 3.63) is 103 Å². The number of ether oxygens (including phenoxy) is 2. The van der Waals surface area contributed by atoms with Gasteiger partial charge in [-0.3, -0.25) is 4.79 Å². The van der Waals surface area contributed by atoms with Crippen LogP contribution < -0.4 is 4.74 Å². The van der Waals surface area contributed by atoms with Crippen LogP contribution >= 0.6 is 50.5 Å². The van der Waals surface area contributed by atoms with Gasteiger partial charge in [0.25, 0.3) is 0 Å². The van der Waals surface area contributed by atoms with Crippen LogP contribution in [-0.2, 0) is 20.7 Å². The molecule has 0 fully saturated rings. The van der Waals surface area contributed by atoms with Gasteiger partial charge in [0, 0.05) is 25.1 Å². The lowest BCUT2D eigenvalue weighted by atomic mass is 10.1. The van der Waals surface area contributed by atoms with Crippen molar-refractivity contribution >= 4 is 84.5 Å². The summed E-state index contributed by atoms with van der Waals surface area (Å²) >= 11 is 17.4. The van der Waals surface area contributed by atoms with Crippen molar-refractivity contribution in [1.82, 2.24) is 0 Å². The Morgan fingerprint density at radius 2 is 1.89 bits per heavy atom. The fourth-order valence-corrected chi connectivity index (χ4v) is 5.57. The molecular weight excluding hydrogens is 573 g/mol. The monoisotopic (exact) mass is 585 g/mol. The predicted molar refractivity (Wildman–Crippen MR) is 142 cm³/mol. The number of cyclic esters (lactones) is 1. The van der Waals surface area contributed by atoms with Crippen molar-refractivity contribution in [2.75, 3.05) is 0 Å². The Bertz CT molecular complexity index is 1550. The molecule has 0 bridgehead atoms. The van der Waals surface area contributed by atoms with Crippen LogP contribution in [0.4, 0.5) is 0 Å². The number of benzene rings is 3. The number of aliphatic imine (C=N–C) groups is 1. The third-order valence-corrected chi connectivity index (χ3v) is 7.46. The smallest absolute Gasteiger partial charge is 0.363 e. The molecule has 0 saturated carbocycles. The van der Waals surface area contributed by atoms with E-state index in [2.05, 4.69) is 20.9 Å². The maximum Gasteiger partial charge on any atom is 0.363 e. The molecule has 0 atom stereocenters. The summed E-state index contributed by atoms with van der Waals surface area (Å²) < 4.78 is 12.6. The first kappa shape index (κ1) is 23.8. The molecule has 1 aliphatic heterocycles. The van der Waals surface area contributed by atoms with Crippen LogP contribution in [0.15, 0.2) is 81.9 Å². The Morgan fingerprint density at radius 1 is 1.09 bits per heavy atom. The van der Waals surface area contributed by atoms with Crippen LogP contribution in [-0.4, -0.2) is 17.8 Å². The Morgan fingerprint density at radius 3 is 2.69 bits per heavy atom. The van der Waals surface area contributed by atoms with Crippen molar-refractivity contribution in [1.29, 1.82) is 0 Å². The van der Waals surface area contributed by atoms with Crippen molar-refractivity contribution in [3.8, 4) is 5.75 Å². The number of rotatable bonds is 5. The highest BCUT2D eigenvalue weighted by Gasteiger charge is 2.28. The minimum absolute atomic E-state index is 0.0602. The van der Waals surface area contributed by atoms with Gasteiger partial charge in [0.05, 0.1) is 11.4 Å². The maximum absolute atomic E-state index is 12.6. The van der Waals surface area contributed by atoms with Gasteiger partial charge in [0.2, 0.25) is 5.90 Å². The van der Waals surface area contributed by atoms with Gasteiger partial charge in [0.1, 0.15) is 10.6 Å². The highest BCUT2D eigenvalue weighted by Crippen LogP contribution is 2.39. The Hall–Kier alpha value is -2.97. The van der Waals surface area contributed by atoms with E-state index in [1.165, 1.54) is 17.4 Å². The predicted octanol–water partition coefficient (Wildman–Crippen LogP) is 7.46. The number of hydrogen-bond donors (Lipinski definition) is 0.